The van der Waals surface area contributed by atoms with Crippen molar-refractivity contribution in [3.05, 3.63) is 47.7 Å². The highest BCUT2D eigenvalue weighted by Crippen LogP contribution is 2.12. The Balaban J connectivity index is 2.03. The second-order valence-electron chi connectivity index (χ2n) is 4.19. The molecule has 0 radical (unpaired) electrons. The molecule has 0 spiro atoms. The van der Waals surface area contributed by atoms with Crippen molar-refractivity contribution < 1.29 is 9.53 Å². The molecule has 1 aromatic carbocycles. The first-order valence-corrected chi connectivity index (χ1v) is 6.59. The number of aryl methyl sites for hydroxylation is 1. The molecule has 0 atom stereocenters. The summed E-state index contributed by atoms with van der Waals surface area (Å²) in [5, 5.41) is 10.4. The number of carbonyl (C=O) groups excluding carboxylic acids is 1. The molecule has 0 aliphatic heterocycles. The van der Waals surface area contributed by atoms with E-state index in [0.717, 1.165) is 12.1 Å². The lowest BCUT2D eigenvalue weighted by molar-refractivity contribution is 0.102. The molecule has 5 nitrogen and oxygen atoms in total. The van der Waals surface area contributed by atoms with Crippen LogP contribution >= 0.6 is 0 Å². The lowest BCUT2D eigenvalue weighted by Gasteiger charge is -2.06. The summed E-state index contributed by atoms with van der Waals surface area (Å²) in [7, 11) is 0. The zero-order valence-electron chi connectivity index (χ0n) is 11.6. The van der Waals surface area contributed by atoms with Crippen LogP contribution in [0.1, 0.15) is 29.9 Å². The highest BCUT2D eigenvalue weighted by atomic mass is 16.5. The maximum atomic E-state index is 12.0. The molecule has 0 bridgehead atoms. The van der Waals surface area contributed by atoms with E-state index in [2.05, 4.69) is 22.4 Å². The van der Waals surface area contributed by atoms with Crippen LogP contribution in [0.4, 0.5) is 5.69 Å². The van der Waals surface area contributed by atoms with Crippen molar-refractivity contribution in [3.8, 4) is 5.88 Å². The Morgan fingerprint density at radius 3 is 2.40 bits per heavy atom. The van der Waals surface area contributed by atoms with Crippen LogP contribution in [0.5, 0.6) is 5.88 Å². The molecular weight excluding hydrogens is 254 g/mol. The molecular formula is C15H17N3O2. The lowest BCUT2D eigenvalue weighted by Crippen LogP contribution is -2.14. The van der Waals surface area contributed by atoms with Gasteiger partial charge < -0.3 is 10.1 Å². The number of benzene rings is 1. The molecule has 2 rings (SSSR count). The minimum atomic E-state index is -0.287. The number of hydrogen-bond donors (Lipinski definition) is 1. The minimum Gasteiger partial charge on any atom is -0.477 e. The predicted molar refractivity (Wildman–Crippen MR) is 77.0 cm³/mol. The van der Waals surface area contributed by atoms with E-state index in [0.29, 0.717) is 12.5 Å². The Bertz CT molecular complexity index is 565. The summed E-state index contributed by atoms with van der Waals surface area (Å²) in [6, 6.07) is 10.9. The van der Waals surface area contributed by atoms with Crippen molar-refractivity contribution in [2.45, 2.75) is 20.3 Å². The second kappa shape index (κ2) is 6.65. The number of amides is 1. The van der Waals surface area contributed by atoms with Gasteiger partial charge in [0.25, 0.3) is 5.91 Å². The number of rotatable bonds is 5. The van der Waals surface area contributed by atoms with Gasteiger partial charge in [-0.2, -0.15) is 0 Å². The first-order chi connectivity index (χ1) is 9.72. The SMILES string of the molecule is CCOc1ccc(C(=O)Nc2ccc(CC)cc2)nn1. The van der Waals surface area contributed by atoms with Crippen LogP contribution in [-0.4, -0.2) is 22.7 Å². The van der Waals surface area contributed by atoms with Gasteiger partial charge in [0.2, 0.25) is 5.88 Å². The van der Waals surface area contributed by atoms with E-state index < -0.39 is 0 Å². The smallest absolute Gasteiger partial charge is 0.276 e. The van der Waals surface area contributed by atoms with Crippen LogP contribution < -0.4 is 10.1 Å². The van der Waals surface area contributed by atoms with Gasteiger partial charge in [-0.25, -0.2) is 0 Å². The summed E-state index contributed by atoms with van der Waals surface area (Å²) in [4.78, 5) is 12.0. The fourth-order valence-corrected chi connectivity index (χ4v) is 1.68. The summed E-state index contributed by atoms with van der Waals surface area (Å²) >= 11 is 0. The van der Waals surface area contributed by atoms with Crippen LogP contribution in [0.15, 0.2) is 36.4 Å². The first kappa shape index (κ1) is 14.0. The molecule has 2 aromatic rings. The van der Waals surface area contributed by atoms with Gasteiger partial charge in [0.1, 0.15) is 0 Å². The fourth-order valence-electron chi connectivity index (χ4n) is 1.68. The molecule has 20 heavy (non-hydrogen) atoms. The maximum absolute atomic E-state index is 12.0. The monoisotopic (exact) mass is 271 g/mol. The predicted octanol–water partition coefficient (Wildman–Crippen LogP) is 2.69. The summed E-state index contributed by atoms with van der Waals surface area (Å²) in [6.07, 6.45) is 0.971. The minimum absolute atomic E-state index is 0.257. The van der Waals surface area contributed by atoms with E-state index in [9.17, 15) is 4.79 Å². The second-order valence-corrected chi connectivity index (χ2v) is 4.19. The van der Waals surface area contributed by atoms with Crippen LogP contribution in [-0.2, 0) is 6.42 Å². The number of aromatic nitrogens is 2. The molecule has 1 aromatic heterocycles. The molecule has 1 N–H and O–H groups in total. The highest BCUT2D eigenvalue weighted by molar-refractivity contribution is 6.02. The molecule has 1 heterocycles. The quantitative estimate of drug-likeness (QED) is 0.908. The number of carbonyl (C=O) groups is 1. The van der Waals surface area contributed by atoms with E-state index in [1.165, 1.54) is 5.56 Å². The van der Waals surface area contributed by atoms with Gasteiger partial charge in [0.05, 0.1) is 6.61 Å². The topological polar surface area (TPSA) is 64.1 Å². The van der Waals surface area contributed by atoms with Gasteiger partial charge in [0, 0.05) is 11.8 Å². The molecule has 0 unspecified atom stereocenters. The number of ether oxygens (including phenoxy) is 1. The van der Waals surface area contributed by atoms with Crippen molar-refractivity contribution in [2.75, 3.05) is 11.9 Å². The summed E-state index contributed by atoms with van der Waals surface area (Å²) < 4.78 is 5.18. The summed E-state index contributed by atoms with van der Waals surface area (Å²) in [5.41, 5.74) is 2.22. The maximum Gasteiger partial charge on any atom is 0.276 e. The molecule has 0 saturated heterocycles. The lowest BCUT2D eigenvalue weighted by atomic mass is 10.1. The van der Waals surface area contributed by atoms with Gasteiger partial charge >= 0.3 is 0 Å². The third-order valence-corrected chi connectivity index (χ3v) is 2.78. The van der Waals surface area contributed by atoms with E-state index in [1.54, 1.807) is 12.1 Å². The number of nitrogens with zero attached hydrogens (tertiary/aromatic N) is 2. The Morgan fingerprint density at radius 2 is 1.85 bits per heavy atom. The Morgan fingerprint density at radius 1 is 1.10 bits per heavy atom. The fraction of sp³-hybridized carbons (Fsp3) is 0.267. The summed E-state index contributed by atoms with van der Waals surface area (Å²) in [6.45, 7) is 4.47. The molecule has 5 heteroatoms. The standard InChI is InChI=1S/C15H17N3O2/c1-3-11-5-7-12(8-6-11)16-15(19)13-9-10-14(18-17-13)20-4-2/h5-10H,3-4H2,1-2H3,(H,16,19). The normalized spacial score (nSPS) is 10.1. The van der Waals surface area contributed by atoms with Crippen molar-refractivity contribution in [1.29, 1.82) is 0 Å². The van der Waals surface area contributed by atoms with Crippen molar-refractivity contribution in [2.24, 2.45) is 0 Å². The average molecular weight is 271 g/mol. The Labute approximate surface area is 118 Å². The molecule has 0 aliphatic carbocycles. The van der Waals surface area contributed by atoms with Crippen molar-refractivity contribution in [1.82, 2.24) is 10.2 Å². The number of anilines is 1. The summed E-state index contributed by atoms with van der Waals surface area (Å²) in [5.74, 6) is 0.126. The van der Waals surface area contributed by atoms with E-state index >= 15 is 0 Å². The van der Waals surface area contributed by atoms with Crippen LogP contribution in [0.3, 0.4) is 0 Å². The molecule has 104 valence electrons. The third kappa shape index (κ3) is 3.54. The van der Waals surface area contributed by atoms with E-state index in [-0.39, 0.29) is 11.6 Å². The third-order valence-electron chi connectivity index (χ3n) is 2.78. The number of hydrogen-bond acceptors (Lipinski definition) is 4. The zero-order valence-corrected chi connectivity index (χ0v) is 11.6. The molecule has 0 fully saturated rings. The van der Waals surface area contributed by atoms with Gasteiger partial charge in [0.15, 0.2) is 5.69 Å². The Hall–Kier alpha value is -2.43. The zero-order chi connectivity index (χ0) is 14.4. The van der Waals surface area contributed by atoms with E-state index in [1.807, 2.05) is 31.2 Å². The number of nitrogens with one attached hydrogen (secondary N) is 1. The van der Waals surface area contributed by atoms with Crippen LogP contribution in [0.25, 0.3) is 0 Å². The van der Waals surface area contributed by atoms with E-state index in [4.69, 9.17) is 4.74 Å². The molecule has 0 saturated carbocycles. The van der Waals surface area contributed by atoms with Gasteiger partial charge in [-0.15, -0.1) is 10.2 Å². The van der Waals surface area contributed by atoms with Gasteiger partial charge in [-0.05, 0) is 37.1 Å². The van der Waals surface area contributed by atoms with Crippen molar-refractivity contribution >= 4 is 11.6 Å². The molecule has 1 amide bonds. The van der Waals surface area contributed by atoms with Gasteiger partial charge in [-0.3, -0.25) is 4.79 Å². The largest absolute Gasteiger partial charge is 0.477 e. The van der Waals surface area contributed by atoms with Crippen LogP contribution in [0, 0.1) is 0 Å². The first-order valence-electron chi connectivity index (χ1n) is 6.59. The van der Waals surface area contributed by atoms with Crippen LogP contribution in [0.2, 0.25) is 0 Å². The van der Waals surface area contributed by atoms with Gasteiger partial charge in [-0.1, -0.05) is 19.1 Å². The Kier molecular flexibility index (Phi) is 4.65. The van der Waals surface area contributed by atoms with Crippen molar-refractivity contribution in [3.63, 3.8) is 0 Å². The average Bonchev–Trinajstić information content (AvgIpc) is 2.49. The highest BCUT2D eigenvalue weighted by Gasteiger charge is 2.08. The molecule has 0 aliphatic rings.